The fourth-order valence-electron chi connectivity index (χ4n) is 1.79. The van der Waals surface area contributed by atoms with Gasteiger partial charge in [-0.2, -0.15) is 0 Å². The van der Waals surface area contributed by atoms with Crippen molar-refractivity contribution in [1.29, 1.82) is 0 Å². The Morgan fingerprint density at radius 2 is 2.26 bits per heavy atom. The van der Waals surface area contributed by atoms with E-state index < -0.39 is 0 Å². The van der Waals surface area contributed by atoms with E-state index in [1.807, 2.05) is 11.8 Å². The number of aliphatic hydroxyl groups is 1. The number of likely N-dealkylation sites (N-methyl/N-ethyl adjacent to an activating group) is 1. The van der Waals surface area contributed by atoms with E-state index in [2.05, 4.69) is 5.32 Å². The molecule has 1 amide bonds. The Balaban J connectivity index is 2.75. The first-order chi connectivity index (χ1) is 8.99. The summed E-state index contributed by atoms with van der Waals surface area (Å²) in [6.07, 6.45) is 0. The van der Waals surface area contributed by atoms with E-state index in [4.69, 9.17) is 22.4 Å². The van der Waals surface area contributed by atoms with Crippen molar-refractivity contribution in [2.45, 2.75) is 19.9 Å². The SMILES string of the molecule is CCN(CCO)C(C)C(=O)Nc1cc(Cl)ccc1N. The van der Waals surface area contributed by atoms with Gasteiger partial charge in [-0.1, -0.05) is 18.5 Å². The van der Waals surface area contributed by atoms with Crippen LogP contribution in [0.25, 0.3) is 0 Å². The van der Waals surface area contributed by atoms with Gasteiger partial charge in [-0.3, -0.25) is 9.69 Å². The molecule has 6 heteroatoms. The molecular weight excluding hydrogens is 266 g/mol. The van der Waals surface area contributed by atoms with Crippen molar-refractivity contribution < 1.29 is 9.90 Å². The third kappa shape index (κ3) is 4.38. The summed E-state index contributed by atoms with van der Waals surface area (Å²) >= 11 is 5.87. The molecule has 0 spiro atoms. The molecule has 1 aromatic carbocycles. The second kappa shape index (κ2) is 7.33. The number of carbonyl (C=O) groups is 1. The van der Waals surface area contributed by atoms with Gasteiger partial charge in [0.2, 0.25) is 5.91 Å². The van der Waals surface area contributed by atoms with Crippen LogP contribution in [0.2, 0.25) is 5.02 Å². The van der Waals surface area contributed by atoms with Crippen LogP contribution in [-0.2, 0) is 4.79 Å². The van der Waals surface area contributed by atoms with Crippen LogP contribution in [0.4, 0.5) is 11.4 Å². The van der Waals surface area contributed by atoms with Gasteiger partial charge < -0.3 is 16.2 Å². The normalized spacial score (nSPS) is 12.5. The lowest BCUT2D eigenvalue weighted by Crippen LogP contribution is -2.43. The van der Waals surface area contributed by atoms with Crippen LogP contribution in [0.15, 0.2) is 18.2 Å². The molecule has 0 heterocycles. The number of aliphatic hydroxyl groups excluding tert-OH is 1. The quantitative estimate of drug-likeness (QED) is 0.693. The maximum absolute atomic E-state index is 12.1. The van der Waals surface area contributed by atoms with E-state index >= 15 is 0 Å². The minimum absolute atomic E-state index is 0.0186. The molecular formula is C13H20ClN3O2. The summed E-state index contributed by atoms with van der Waals surface area (Å²) in [5.41, 5.74) is 6.75. The first-order valence-electron chi connectivity index (χ1n) is 6.20. The van der Waals surface area contributed by atoms with Crippen LogP contribution in [0.3, 0.4) is 0 Å². The lowest BCUT2D eigenvalue weighted by atomic mass is 10.2. The zero-order chi connectivity index (χ0) is 14.4. The third-order valence-corrected chi connectivity index (χ3v) is 3.23. The smallest absolute Gasteiger partial charge is 0.241 e. The number of amides is 1. The summed E-state index contributed by atoms with van der Waals surface area (Å²) in [5, 5.41) is 12.2. The number of nitrogen functional groups attached to an aromatic ring is 1. The van der Waals surface area contributed by atoms with Gasteiger partial charge in [-0.25, -0.2) is 0 Å². The van der Waals surface area contributed by atoms with Crippen molar-refractivity contribution in [3.63, 3.8) is 0 Å². The Morgan fingerprint density at radius 1 is 1.58 bits per heavy atom. The molecule has 4 N–H and O–H groups in total. The van der Waals surface area contributed by atoms with Crippen LogP contribution in [0.1, 0.15) is 13.8 Å². The molecule has 19 heavy (non-hydrogen) atoms. The number of nitrogens with zero attached hydrogens (tertiary/aromatic N) is 1. The molecule has 0 aliphatic heterocycles. The maximum Gasteiger partial charge on any atom is 0.241 e. The van der Waals surface area contributed by atoms with Crippen molar-refractivity contribution in [1.82, 2.24) is 4.90 Å². The molecule has 0 aromatic heterocycles. The van der Waals surface area contributed by atoms with Gasteiger partial charge in [0, 0.05) is 11.6 Å². The van der Waals surface area contributed by atoms with E-state index in [9.17, 15) is 4.79 Å². The number of anilines is 2. The molecule has 1 atom stereocenters. The zero-order valence-corrected chi connectivity index (χ0v) is 11.9. The van der Waals surface area contributed by atoms with Crippen LogP contribution in [-0.4, -0.2) is 41.7 Å². The Morgan fingerprint density at radius 3 is 2.84 bits per heavy atom. The van der Waals surface area contributed by atoms with Crippen LogP contribution >= 0.6 is 11.6 Å². The van der Waals surface area contributed by atoms with E-state index in [1.165, 1.54) is 0 Å². The highest BCUT2D eigenvalue weighted by molar-refractivity contribution is 6.31. The van der Waals surface area contributed by atoms with Crippen LogP contribution < -0.4 is 11.1 Å². The molecule has 0 bridgehead atoms. The number of carbonyl (C=O) groups excluding carboxylic acids is 1. The number of halogens is 1. The van der Waals surface area contributed by atoms with Crippen molar-refractivity contribution in [2.24, 2.45) is 0 Å². The standard InChI is InChI=1S/C13H20ClN3O2/c1-3-17(6-7-18)9(2)13(19)16-12-8-10(14)4-5-11(12)15/h4-5,8-9,18H,3,6-7,15H2,1-2H3,(H,16,19). The Labute approximate surface area is 118 Å². The van der Waals surface area contributed by atoms with Gasteiger partial charge in [-0.05, 0) is 31.7 Å². The number of hydrogen-bond donors (Lipinski definition) is 3. The molecule has 1 rings (SSSR count). The van der Waals surface area contributed by atoms with Crippen molar-refractivity contribution in [3.05, 3.63) is 23.2 Å². The summed E-state index contributed by atoms with van der Waals surface area (Å²) in [6, 6.07) is 4.58. The molecule has 106 valence electrons. The number of rotatable bonds is 6. The second-order valence-electron chi connectivity index (χ2n) is 4.25. The predicted octanol–water partition coefficient (Wildman–Crippen LogP) is 1.56. The Hall–Kier alpha value is -1.30. The molecule has 1 unspecified atom stereocenters. The summed E-state index contributed by atoms with van der Waals surface area (Å²) in [6.45, 7) is 4.88. The predicted molar refractivity (Wildman–Crippen MR) is 78.3 cm³/mol. The van der Waals surface area contributed by atoms with Crippen molar-refractivity contribution in [3.8, 4) is 0 Å². The van der Waals surface area contributed by atoms with E-state index in [1.54, 1.807) is 25.1 Å². The number of nitrogens with one attached hydrogen (secondary N) is 1. The fraction of sp³-hybridized carbons (Fsp3) is 0.462. The van der Waals surface area contributed by atoms with Gasteiger partial charge in [0.15, 0.2) is 0 Å². The number of benzene rings is 1. The van der Waals surface area contributed by atoms with E-state index in [0.717, 1.165) is 0 Å². The monoisotopic (exact) mass is 285 g/mol. The first kappa shape index (κ1) is 15.8. The van der Waals surface area contributed by atoms with Gasteiger partial charge >= 0.3 is 0 Å². The fourth-order valence-corrected chi connectivity index (χ4v) is 1.97. The van der Waals surface area contributed by atoms with Gasteiger partial charge in [0.25, 0.3) is 0 Å². The second-order valence-corrected chi connectivity index (χ2v) is 4.69. The molecule has 0 aliphatic carbocycles. The largest absolute Gasteiger partial charge is 0.397 e. The van der Waals surface area contributed by atoms with Crippen LogP contribution in [0, 0.1) is 0 Å². The molecule has 1 aromatic rings. The van der Waals surface area contributed by atoms with E-state index in [0.29, 0.717) is 29.5 Å². The molecule has 0 saturated heterocycles. The highest BCUT2D eigenvalue weighted by Gasteiger charge is 2.20. The van der Waals surface area contributed by atoms with Gasteiger partial charge in [-0.15, -0.1) is 0 Å². The summed E-state index contributed by atoms with van der Waals surface area (Å²) in [5.74, 6) is -0.177. The summed E-state index contributed by atoms with van der Waals surface area (Å²) in [7, 11) is 0. The lowest BCUT2D eigenvalue weighted by Gasteiger charge is -2.26. The molecule has 0 aliphatic rings. The maximum atomic E-state index is 12.1. The van der Waals surface area contributed by atoms with Crippen molar-refractivity contribution >= 4 is 28.9 Å². The van der Waals surface area contributed by atoms with Gasteiger partial charge in [0.05, 0.1) is 24.0 Å². The first-order valence-corrected chi connectivity index (χ1v) is 6.58. The summed E-state index contributed by atoms with van der Waals surface area (Å²) < 4.78 is 0. The zero-order valence-electron chi connectivity index (χ0n) is 11.2. The minimum atomic E-state index is -0.351. The van der Waals surface area contributed by atoms with Gasteiger partial charge in [0.1, 0.15) is 0 Å². The topological polar surface area (TPSA) is 78.6 Å². The average molecular weight is 286 g/mol. The third-order valence-electron chi connectivity index (χ3n) is 2.99. The van der Waals surface area contributed by atoms with Crippen molar-refractivity contribution in [2.75, 3.05) is 30.7 Å². The Bertz CT molecular complexity index is 440. The highest BCUT2D eigenvalue weighted by Crippen LogP contribution is 2.23. The van der Waals surface area contributed by atoms with Crippen LogP contribution in [0.5, 0.6) is 0 Å². The summed E-state index contributed by atoms with van der Waals surface area (Å²) in [4.78, 5) is 14.0. The highest BCUT2D eigenvalue weighted by atomic mass is 35.5. The molecule has 0 saturated carbocycles. The molecule has 0 fully saturated rings. The number of nitrogens with two attached hydrogens (primary N) is 1. The minimum Gasteiger partial charge on any atom is -0.397 e. The lowest BCUT2D eigenvalue weighted by molar-refractivity contribution is -0.120. The Kier molecular flexibility index (Phi) is 6.08. The average Bonchev–Trinajstić information content (AvgIpc) is 2.39. The number of hydrogen-bond acceptors (Lipinski definition) is 4. The molecule has 0 radical (unpaired) electrons. The molecule has 5 nitrogen and oxygen atoms in total. The van der Waals surface area contributed by atoms with E-state index in [-0.39, 0.29) is 18.6 Å².